The van der Waals surface area contributed by atoms with E-state index in [9.17, 15) is 13.2 Å². The summed E-state index contributed by atoms with van der Waals surface area (Å²) in [4.78, 5) is 12.4. The van der Waals surface area contributed by atoms with Crippen LogP contribution in [0.1, 0.15) is 24.1 Å². The van der Waals surface area contributed by atoms with E-state index in [-0.39, 0.29) is 11.5 Å². The molecule has 6 nitrogen and oxygen atoms in total. The van der Waals surface area contributed by atoms with Crippen LogP contribution < -0.4 is 9.46 Å². The number of rotatable bonds is 7. The Hall–Kier alpha value is -2.38. The zero-order valence-corrected chi connectivity index (χ0v) is 15.2. The normalized spacial score (nSPS) is 12.4. The van der Waals surface area contributed by atoms with Gasteiger partial charge in [-0.1, -0.05) is 29.8 Å². The van der Waals surface area contributed by atoms with Crippen LogP contribution in [0.5, 0.6) is 5.75 Å². The molecule has 0 heterocycles. The summed E-state index contributed by atoms with van der Waals surface area (Å²) in [6.07, 6.45) is 0. The van der Waals surface area contributed by atoms with E-state index in [1.807, 2.05) is 6.92 Å². The molecule has 2 aromatic rings. The first-order valence-corrected chi connectivity index (χ1v) is 9.25. The van der Waals surface area contributed by atoms with Crippen molar-refractivity contribution in [1.29, 1.82) is 0 Å². The molecule has 25 heavy (non-hydrogen) atoms. The maximum atomic E-state index is 12.6. The number of methoxy groups -OCH3 is 1. The number of ether oxygens (including phenoxy) is 2. The number of hydrogen-bond acceptors (Lipinski definition) is 5. The average molecular weight is 363 g/mol. The first-order valence-electron chi connectivity index (χ1n) is 7.77. The van der Waals surface area contributed by atoms with Gasteiger partial charge in [-0.15, -0.1) is 0 Å². The van der Waals surface area contributed by atoms with Crippen LogP contribution in [0.3, 0.4) is 0 Å². The molecule has 7 heteroatoms. The van der Waals surface area contributed by atoms with Gasteiger partial charge >= 0.3 is 5.97 Å². The van der Waals surface area contributed by atoms with Crippen LogP contribution in [0.2, 0.25) is 0 Å². The summed E-state index contributed by atoms with van der Waals surface area (Å²) in [6.45, 7) is 3.68. The summed E-state index contributed by atoms with van der Waals surface area (Å²) in [7, 11) is -2.36. The molecule has 1 atom stereocenters. The number of hydrogen-bond donors (Lipinski definition) is 1. The second kappa shape index (κ2) is 8.13. The smallest absolute Gasteiger partial charge is 0.328 e. The number of benzene rings is 2. The third-order valence-electron chi connectivity index (χ3n) is 3.58. The van der Waals surface area contributed by atoms with Crippen LogP contribution in [0.25, 0.3) is 0 Å². The topological polar surface area (TPSA) is 81.7 Å². The van der Waals surface area contributed by atoms with Gasteiger partial charge in [0.05, 0.1) is 18.6 Å². The lowest BCUT2D eigenvalue weighted by molar-refractivity contribution is -0.145. The Kier molecular flexibility index (Phi) is 6.17. The number of aryl methyl sites for hydroxylation is 1. The minimum atomic E-state index is -3.89. The van der Waals surface area contributed by atoms with Gasteiger partial charge < -0.3 is 9.47 Å². The molecule has 0 radical (unpaired) electrons. The summed E-state index contributed by atoms with van der Waals surface area (Å²) in [5.74, 6) is -0.0592. The van der Waals surface area contributed by atoms with Gasteiger partial charge in [-0.25, -0.2) is 13.2 Å². The third kappa shape index (κ3) is 4.80. The molecular weight excluding hydrogens is 342 g/mol. The second-order valence-electron chi connectivity index (χ2n) is 5.39. The van der Waals surface area contributed by atoms with Crippen LogP contribution in [0, 0.1) is 6.92 Å². The lowest BCUT2D eigenvalue weighted by Crippen LogP contribution is -2.35. The largest absolute Gasteiger partial charge is 0.497 e. The van der Waals surface area contributed by atoms with Gasteiger partial charge in [0.15, 0.2) is 0 Å². The summed E-state index contributed by atoms with van der Waals surface area (Å²) < 4.78 is 37.8. The molecule has 0 saturated carbocycles. The fourth-order valence-electron chi connectivity index (χ4n) is 2.21. The van der Waals surface area contributed by atoms with Gasteiger partial charge in [0.2, 0.25) is 10.0 Å². The van der Waals surface area contributed by atoms with E-state index in [0.29, 0.717) is 11.3 Å². The fourth-order valence-corrected chi connectivity index (χ4v) is 3.39. The third-order valence-corrected chi connectivity index (χ3v) is 5.01. The zero-order valence-electron chi connectivity index (χ0n) is 14.4. The Labute approximate surface area is 147 Å². The molecule has 1 N–H and O–H groups in total. The van der Waals surface area contributed by atoms with Crippen LogP contribution in [-0.2, 0) is 19.6 Å². The number of esters is 1. The summed E-state index contributed by atoms with van der Waals surface area (Å²) in [6, 6.07) is 11.8. The van der Waals surface area contributed by atoms with Crippen molar-refractivity contribution >= 4 is 16.0 Å². The number of nitrogens with one attached hydrogen (secondary N) is 1. The highest BCUT2D eigenvalue weighted by Crippen LogP contribution is 2.22. The Balaban J connectivity index is 2.34. The van der Waals surface area contributed by atoms with E-state index in [2.05, 4.69) is 4.72 Å². The molecule has 0 aromatic heterocycles. The van der Waals surface area contributed by atoms with Crippen molar-refractivity contribution in [3.05, 3.63) is 59.7 Å². The lowest BCUT2D eigenvalue weighted by Gasteiger charge is -2.18. The highest BCUT2D eigenvalue weighted by molar-refractivity contribution is 7.89. The summed E-state index contributed by atoms with van der Waals surface area (Å²) in [5.41, 5.74) is 1.41. The van der Waals surface area contributed by atoms with Crippen LogP contribution in [-0.4, -0.2) is 28.1 Å². The van der Waals surface area contributed by atoms with Gasteiger partial charge in [-0.3, -0.25) is 0 Å². The van der Waals surface area contributed by atoms with Crippen molar-refractivity contribution in [2.45, 2.75) is 24.8 Å². The standard InChI is InChI=1S/C18H21NO5S/c1-4-24-18(20)17(14-7-9-15(23-3)10-8-14)19-25(21,22)16-11-5-13(2)6-12-16/h5-12,17,19H,4H2,1-3H3/t17-/m0/s1. The molecular formula is C18H21NO5S. The molecule has 0 spiro atoms. The minimum absolute atomic E-state index is 0.0842. The quantitative estimate of drug-likeness (QED) is 0.765. The molecule has 0 fully saturated rings. The highest BCUT2D eigenvalue weighted by Gasteiger charge is 2.28. The van der Waals surface area contributed by atoms with Gasteiger partial charge in [-0.05, 0) is 43.7 Å². The summed E-state index contributed by atoms with van der Waals surface area (Å²) >= 11 is 0. The van der Waals surface area contributed by atoms with E-state index < -0.39 is 22.0 Å². The lowest BCUT2D eigenvalue weighted by atomic mass is 10.1. The first-order chi connectivity index (χ1) is 11.9. The molecule has 0 aliphatic heterocycles. The van der Waals surface area contributed by atoms with Crippen molar-refractivity contribution in [2.24, 2.45) is 0 Å². The molecule has 0 unspecified atom stereocenters. The number of carbonyl (C=O) groups is 1. The maximum absolute atomic E-state index is 12.6. The Morgan fingerprint density at radius 2 is 1.68 bits per heavy atom. The van der Waals surface area contributed by atoms with E-state index in [4.69, 9.17) is 9.47 Å². The molecule has 2 rings (SSSR count). The molecule has 0 bridgehead atoms. The first kappa shape index (κ1) is 19.0. The second-order valence-corrected chi connectivity index (χ2v) is 7.11. The van der Waals surface area contributed by atoms with E-state index in [0.717, 1.165) is 5.56 Å². The zero-order chi connectivity index (χ0) is 18.4. The van der Waals surface area contributed by atoms with Gasteiger partial charge in [0.1, 0.15) is 11.8 Å². The van der Waals surface area contributed by atoms with Gasteiger partial charge in [0, 0.05) is 0 Å². The van der Waals surface area contributed by atoms with Crippen molar-refractivity contribution in [3.8, 4) is 5.75 Å². The van der Waals surface area contributed by atoms with Crippen molar-refractivity contribution < 1.29 is 22.7 Å². The molecule has 2 aromatic carbocycles. The SMILES string of the molecule is CCOC(=O)[C@@H](NS(=O)(=O)c1ccc(C)cc1)c1ccc(OC)cc1. The number of carbonyl (C=O) groups excluding carboxylic acids is 1. The van der Waals surface area contributed by atoms with Gasteiger partial charge in [-0.2, -0.15) is 4.72 Å². The highest BCUT2D eigenvalue weighted by atomic mass is 32.2. The molecule has 0 saturated heterocycles. The minimum Gasteiger partial charge on any atom is -0.497 e. The predicted octanol–water partition coefficient (Wildman–Crippen LogP) is 2.59. The van der Waals surface area contributed by atoms with Crippen LogP contribution in [0.15, 0.2) is 53.4 Å². The molecule has 0 aliphatic rings. The molecule has 0 amide bonds. The van der Waals surface area contributed by atoms with E-state index in [1.165, 1.54) is 19.2 Å². The van der Waals surface area contributed by atoms with Crippen LogP contribution >= 0.6 is 0 Å². The molecule has 134 valence electrons. The Bertz CT molecular complexity index is 814. The number of sulfonamides is 1. The maximum Gasteiger partial charge on any atom is 0.328 e. The predicted molar refractivity (Wildman–Crippen MR) is 93.9 cm³/mol. The van der Waals surface area contributed by atoms with Crippen molar-refractivity contribution in [2.75, 3.05) is 13.7 Å². The van der Waals surface area contributed by atoms with Gasteiger partial charge in [0.25, 0.3) is 0 Å². The monoisotopic (exact) mass is 363 g/mol. The molecule has 0 aliphatic carbocycles. The van der Waals surface area contributed by atoms with Crippen molar-refractivity contribution in [1.82, 2.24) is 4.72 Å². The summed E-state index contributed by atoms with van der Waals surface area (Å²) in [5, 5.41) is 0. The fraction of sp³-hybridized carbons (Fsp3) is 0.278. The van der Waals surface area contributed by atoms with E-state index in [1.54, 1.807) is 43.3 Å². The average Bonchev–Trinajstić information content (AvgIpc) is 2.60. The van der Waals surface area contributed by atoms with E-state index >= 15 is 0 Å². The van der Waals surface area contributed by atoms with Crippen molar-refractivity contribution in [3.63, 3.8) is 0 Å². The van der Waals surface area contributed by atoms with Crippen LogP contribution in [0.4, 0.5) is 0 Å². The Morgan fingerprint density at radius 1 is 1.08 bits per heavy atom. The Morgan fingerprint density at radius 3 is 2.20 bits per heavy atom.